The minimum absolute atomic E-state index is 0.0269. The third-order valence-electron chi connectivity index (χ3n) is 6.13. The molecule has 36 heavy (non-hydrogen) atoms. The van der Waals surface area contributed by atoms with Crippen LogP contribution in [0.5, 0.6) is 5.75 Å². The first kappa shape index (κ1) is 23.7. The van der Waals surface area contributed by atoms with Gasteiger partial charge in [0, 0.05) is 11.5 Å². The Morgan fingerprint density at radius 1 is 0.972 bits per heavy atom. The number of aliphatic carboxylic acids is 1. The van der Waals surface area contributed by atoms with Crippen molar-refractivity contribution in [2.75, 3.05) is 0 Å². The molecule has 8 heteroatoms. The van der Waals surface area contributed by atoms with Crippen molar-refractivity contribution >= 4 is 5.97 Å². The van der Waals surface area contributed by atoms with Gasteiger partial charge in [0.05, 0.1) is 17.5 Å². The Bertz CT molecular complexity index is 1370. The normalized spacial score (nSPS) is 13.5. The summed E-state index contributed by atoms with van der Waals surface area (Å²) in [7, 11) is 0. The lowest BCUT2D eigenvalue weighted by Gasteiger charge is -2.13. The fraction of sp³-hybridized carbons (Fsp3) is 0.214. The van der Waals surface area contributed by atoms with Gasteiger partial charge in [-0.1, -0.05) is 59.8 Å². The molecule has 5 rings (SSSR count). The molecule has 0 bridgehead atoms. The number of aromatic nitrogens is 1. The Balaban J connectivity index is 1.36. The van der Waals surface area contributed by atoms with Gasteiger partial charge in [-0.25, -0.2) is 0 Å². The first-order chi connectivity index (χ1) is 17.3. The van der Waals surface area contributed by atoms with Crippen LogP contribution in [0.25, 0.3) is 22.4 Å². The molecule has 0 unspecified atom stereocenters. The van der Waals surface area contributed by atoms with Crippen molar-refractivity contribution in [3.05, 3.63) is 95.2 Å². The van der Waals surface area contributed by atoms with Crippen LogP contribution in [0.3, 0.4) is 0 Å². The number of rotatable bonds is 8. The van der Waals surface area contributed by atoms with Crippen molar-refractivity contribution in [2.45, 2.75) is 38.0 Å². The lowest BCUT2D eigenvalue weighted by molar-refractivity contribution is -0.137. The van der Waals surface area contributed by atoms with Crippen LogP contribution < -0.4 is 4.74 Å². The molecule has 3 aromatic carbocycles. The minimum Gasteiger partial charge on any atom is -0.489 e. The van der Waals surface area contributed by atoms with Gasteiger partial charge in [-0.05, 0) is 47.7 Å². The van der Waals surface area contributed by atoms with E-state index in [0.717, 1.165) is 30.0 Å². The number of carboxylic acids is 1. The Morgan fingerprint density at radius 3 is 2.22 bits per heavy atom. The molecule has 1 heterocycles. The smallest absolute Gasteiger partial charge is 0.417 e. The van der Waals surface area contributed by atoms with Crippen LogP contribution in [0.4, 0.5) is 13.2 Å². The average molecular weight is 493 g/mol. The molecule has 1 fully saturated rings. The number of halogens is 3. The van der Waals surface area contributed by atoms with E-state index in [1.54, 1.807) is 30.3 Å². The molecular weight excluding hydrogens is 471 g/mol. The number of hydrogen-bond acceptors (Lipinski definition) is 4. The molecule has 0 radical (unpaired) electrons. The first-order valence-electron chi connectivity index (χ1n) is 11.5. The molecule has 1 aliphatic rings. The second kappa shape index (κ2) is 9.53. The van der Waals surface area contributed by atoms with Gasteiger partial charge in [0.1, 0.15) is 23.8 Å². The summed E-state index contributed by atoms with van der Waals surface area (Å²) in [5.41, 5.74) is 2.47. The Morgan fingerprint density at radius 2 is 1.61 bits per heavy atom. The van der Waals surface area contributed by atoms with Gasteiger partial charge in [0.25, 0.3) is 0 Å². The summed E-state index contributed by atoms with van der Waals surface area (Å²) >= 11 is 0. The zero-order valence-corrected chi connectivity index (χ0v) is 19.1. The molecule has 5 nitrogen and oxygen atoms in total. The largest absolute Gasteiger partial charge is 0.489 e. The van der Waals surface area contributed by atoms with Crippen LogP contribution in [0.2, 0.25) is 0 Å². The van der Waals surface area contributed by atoms with Crippen molar-refractivity contribution in [3.63, 3.8) is 0 Å². The van der Waals surface area contributed by atoms with Crippen molar-refractivity contribution in [1.29, 1.82) is 0 Å². The molecule has 0 aliphatic heterocycles. The highest BCUT2D eigenvalue weighted by molar-refractivity contribution is 5.71. The number of ether oxygens (including phenoxy) is 1. The molecule has 1 saturated carbocycles. The molecule has 184 valence electrons. The van der Waals surface area contributed by atoms with Crippen LogP contribution in [0.15, 0.2) is 77.3 Å². The third-order valence-corrected chi connectivity index (χ3v) is 6.13. The predicted octanol–water partition coefficient (Wildman–Crippen LogP) is 7.11. The molecule has 0 saturated heterocycles. The SMILES string of the molecule is O=C(O)Cc1ccc(-c2ccc(OCc3c(-c4ccccc4C(F)(F)F)noc3C3CC3)cc2)cc1. The highest BCUT2D eigenvalue weighted by Gasteiger charge is 2.37. The fourth-order valence-electron chi connectivity index (χ4n) is 4.16. The second-order valence-corrected chi connectivity index (χ2v) is 8.77. The van der Waals surface area contributed by atoms with Crippen LogP contribution in [-0.2, 0) is 24.0 Å². The van der Waals surface area contributed by atoms with E-state index in [4.69, 9.17) is 14.4 Å². The molecule has 0 spiro atoms. The van der Waals surface area contributed by atoms with Crippen LogP contribution in [-0.4, -0.2) is 16.2 Å². The number of carboxylic acid groups (broad SMARTS) is 1. The van der Waals surface area contributed by atoms with Crippen LogP contribution >= 0.6 is 0 Å². The van der Waals surface area contributed by atoms with E-state index in [-0.39, 0.29) is 30.2 Å². The van der Waals surface area contributed by atoms with E-state index in [0.29, 0.717) is 22.6 Å². The zero-order valence-electron chi connectivity index (χ0n) is 19.1. The highest BCUT2D eigenvalue weighted by atomic mass is 19.4. The van der Waals surface area contributed by atoms with E-state index in [1.807, 2.05) is 24.3 Å². The number of nitrogens with zero attached hydrogens (tertiary/aromatic N) is 1. The van der Waals surface area contributed by atoms with E-state index in [1.165, 1.54) is 12.1 Å². The number of benzene rings is 3. The van der Waals surface area contributed by atoms with Gasteiger partial charge in [0.15, 0.2) is 0 Å². The van der Waals surface area contributed by atoms with E-state index in [9.17, 15) is 18.0 Å². The first-order valence-corrected chi connectivity index (χ1v) is 11.5. The van der Waals surface area contributed by atoms with Crippen LogP contribution in [0.1, 0.15) is 41.2 Å². The summed E-state index contributed by atoms with van der Waals surface area (Å²) in [6, 6.07) is 19.9. The van der Waals surface area contributed by atoms with E-state index in [2.05, 4.69) is 5.16 Å². The maximum absolute atomic E-state index is 13.6. The molecule has 0 atom stereocenters. The predicted molar refractivity (Wildman–Crippen MR) is 126 cm³/mol. The number of alkyl halides is 3. The Kier molecular flexibility index (Phi) is 6.26. The van der Waals surface area contributed by atoms with Crippen molar-refractivity contribution in [1.82, 2.24) is 5.16 Å². The molecule has 1 N–H and O–H groups in total. The summed E-state index contributed by atoms with van der Waals surface area (Å²) in [6.45, 7) is 0.0279. The van der Waals surface area contributed by atoms with Crippen molar-refractivity contribution in [2.24, 2.45) is 0 Å². The summed E-state index contributed by atoms with van der Waals surface area (Å²) in [4.78, 5) is 10.9. The van der Waals surface area contributed by atoms with Gasteiger partial charge in [0.2, 0.25) is 0 Å². The maximum Gasteiger partial charge on any atom is 0.417 e. The standard InChI is InChI=1S/C28H22F3NO4/c29-28(30,31)24-4-2-1-3-22(24)26-23(27(36-32-26)20-9-10-20)16-35-21-13-11-19(12-14-21)18-7-5-17(6-8-18)15-25(33)34/h1-8,11-14,20H,9-10,15-16H2,(H,33,34). The lowest BCUT2D eigenvalue weighted by atomic mass is 9.99. The fourth-order valence-corrected chi connectivity index (χ4v) is 4.16. The van der Waals surface area contributed by atoms with Gasteiger partial charge in [-0.15, -0.1) is 0 Å². The summed E-state index contributed by atoms with van der Waals surface area (Å²) in [5.74, 6) is 0.403. The van der Waals surface area contributed by atoms with Gasteiger partial charge < -0.3 is 14.4 Å². The zero-order chi connectivity index (χ0) is 25.3. The van der Waals surface area contributed by atoms with Gasteiger partial charge in [-0.3, -0.25) is 4.79 Å². The molecule has 1 aliphatic carbocycles. The molecule has 4 aromatic rings. The topological polar surface area (TPSA) is 72.6 Å². The highest BCUT2D eigenvalue weighted by Crippen LogP contribution is 2.46. The minimum atomic E-state index is -4.52. The van der Waals surface area contributed by atoms with E-state index >= 15 is 0 Å². The van der Waals surface area contributed by atoms with Crippen LogP contribution in [0, 0.1) is 0 Å². The van der Waals surface area contributed by atoms with Crippen molar-refractivity contribution < 1.29 is 32.3 Å². The number of hydrogen-bond donors (Lipinski definition) is 1. The summed E-state index contributed by atoms with van der Waals surface area (Å²) in [6.07, 6.45) is -2.74. The molecular formula is C28H22F3NO4. The molecule has 1 aromatic heterocycles. The molecule has 0 amide bonds. The number of carbonyl (C=O) groups is 1. The monoisotopic (exact) mass is 493 g/mol. The van der Waals surface area contributed by atoms with E-state index < -0.39 is 17.7 Å². The van der Waals surface area contributed by atoms with Crippen molar-refractivity contribution in [3.8, 4) is 28.1 Å². The van der Waals surface area contributed by atoms with Gasteiger partial charge in [-0.2, -0.15) is 13.2 Å². The summed E-state index contributed by atoms with van der Waals surface area (Å²) < 4.78 is 52.4. The third kappa shape index (κ3) is 5.12. The second-order valence-electron chi connectivity index (χ2n) is 8.77. The van der Waals surface area contributed by atoms with Gasteiger partial charge >= 0.3 is 12.1 Å². The Labute approximate surface area is 205 Å². The lowest BCUT2D eigenvalue weighted by Crippen LogP contribution is -2.08. The quantitative estimate of drug-likeness (QED) is 0.283. The Hall–Kier alpha value is -4.07. The average Bonchev–Trinajstić information content (AvgIpc) is 3.62. The summed E-state index contributed by atoms with van der Waals surface area (Å²) in [5, 5.41) is 12.9. The maximum atomic E-state index is 13.6.